The maximum Gasteiger partial charge on any atom is 0.239 e. The number of amides is 1. The van der Waals surface area contributed by atoms with Crippen LogP contribution in [0.5, 0.6) is 5.75 Å². The predicted octanol–water partition coefficient (Wildman–Crippen LogP) is 1.31. The Morgan fingerprint density at radius 3 is 2.71 bits per heavy atom. The molecule has 0 aliphatic carbocycles. The van der Waals surface area contributed by atoms with Crippen molar-refractivity contribution in [3.05, 3.63) is 29.3 Å². The molecule has 2 N–H and O–H groups in total. The Morgan fingerprint density at radius 1 is 1.53 bits per heavy atom. The number of methoxy groups -OCH3 is 1. The first-order valence-corrected chi connectivity index (χ1v) is 5.59. The van der Waals surface area contributed by atoms with Gasteiger partial charge in [-0.2, -0.15) is 0 Å². The van der Waals surface area contributed by atoms with Crippen molar-refractivity contribution in [1.82, 2.24) is 4.90 Å². The number of nitrogens with two attached hydrogens (primary N) is 1. The minimum atomic E-state index is -0.476. The van der Waals surface area contributed by atoms with E-state index in [9.17, 15) is 4.79 Å². The number of benzene rings is 1. The normalized spacial score (nSPS) is 12.1. The maximum atomic E-state index is 11.7. The zero-order chi connectivity index (χ0) is 13.0. The van der Waals surface area contributed by atoms with Gasteiger partial charge in [-0.05, 0) is 19.9 Å². The molecule has 1 atom stereocenters. The summed E-state index contributed by atoms with van der Waals surface area (Å²) in [5.41, 5.74) is 7.70. The van der Waals surface area contributed by atoms with E-state index < -0.39 is 6.04 Å². The third-order valence-corrected chi connectivity index (χ3v) is 2.61. The van der Waals surface area contributed by atoms with Gasteiger partial charge in [0.1, 0.15) is 5.75 Å². The molecule has 0 aromatic heterocycles. The molecule has 4 nitrogen and oxygen atoms in total. The minimum Gasteiger partial charge on any atom is -0.496 e. The number of rotatable bonds is 4. The van der Waals surface area contributed by atoms with Crippen LogP contribution in [0.15, 0.2) is 18.2 Å². The molecule has 0 unspecified atom stereocenters. The van der Waals surface area contributed by atoms with Gasteiger partial charge >= 0.3 is 0 Å². The zero-order valence-corrected chi connectivity index (χ0v) is 10.9. The van der Waals surface area contributed by atoms with E-state index in [4.69, 9.17) is 10.5 Å². The van der Waals surface area contributed by atoms with Crippen LogP contribution in [0, 0.1) is 6.92 Å². The molecule has 0 heterocycles. The van der Waals surface area contributed by atoms with Gasteiger partial charge in [0.05, 0.1) is 13.2 Å². The lowest BCUT2D eigenvalue weighted by Crippen LogP contribution is -2.39. The lowest BCUT2D eigenvalue weighted by atomic mass is 10.1. The lowest BCUT2D eigenvalue weighted by Gasteiger charge is -2.20. The van der Waals surface area contributed by atoms with Crippen LogP contribution in [0.25, 0.3) is 0 Å². The van der Waals surface area contributed by atoms with Crippen molar-refractivity contribution in [2.75, 3.05) is 14.2 Å². The summed E-state index contributed by atoms with van der Waals surface area (Å²) in [7, 11) is 3.37. The molecule has 0 aliphatic rings. The largest absolute Gasteiger partial charge is 0.496 e. The number of carbonyl (C=O) groups excluding carboxylic acids is 1. The van der Waals surface area contributed by atoms with E-state index in [0.29, 0.717) is 6.54 Å². The zero-order valence-electron chi connectivity index (χ0n) is 10.9. The average molecular weight is 236 g/mol. The molecule has 1 rings (SSSR count). The summed E-state index contributed by atoms with van der Waals surface area (Å²) in [6.07, 6.45) is 0. The number of carbonyl (C=O) groups is 1. The second-order valence-electron chi connectivity index (χ2n) is 4.30. The molecule has 17 heavy (non-hydrogen) atoms. The molecule has 1 aromatic rings. The van der Waals surface area contributed by atoms with E-state index in [1.165, 1.54) is 0 Å². The van der Waals surface area contributed by atoms with E-state index in [1.807, 2.05) is 25.1 Å². The van der Waals surface area contributed by atoms with Gasteiger partial charge in [0.25, 0.3) is 0 Å². The first-order valence-electron chi connectivity index (χ1n) is 5.59. The van der Waals surface area contributed by atoms with Crippen LogP contribution < -0.4 is 10.5 Å². The Morgan fingerprint density at radius 2 is 2.18 bits per heavy atom. The van der Waals surface area contributed by atoms with Crippen molar-refractivity contribution in [1.29, 1.82) is 0 Å². The van der Waals surface area contributed by atoms with Crippen LogP contribution in [0.3, 0.4) is 0 Å². The molecule has 0 saturated carbocycles. The molecule has 0 radical (unpaired) electrons. The molecule has 4 heteroatoms. The maximum absolute atomic E-state index is 11.7. The number of nitrogens with zero attached hydrogens (tertiary/aromatic N) is 1. The topological polar surface area (TPSA) is 55.6 Å². The number of likely N-dealkylation sites (N-methyl/N-ethyl adjacent to an activating group) is 1. The van der Waals surface area contributed by atoms with Crippen molar-refractivity contribution < 1.29 is 9.53 Å². The summed E-state index contributed by atoms with van der Waals surface area (Å²) in [6.45, 7) is 4.20. The molecule has 0 aliphatic heterocycles. The van der Waals surface area contributed by atoms with E-state index in [2.05, 4.69) is 0 Å². The van der Waals surface area contributed by atoms with Gasteiger partial charge in [-0.15, -0.1) is 0 Å². The Hall–Kier alpha value is -1.55. The summed E-state index contributed by atoms with van der Waals surface area (Å²) in [5, 5.41) is 0. The van der Waals surface area contributed by atoms with Crippen LogP contribution in [-0.2, 0) is 11.3 Å². The molecule has 0 bridgehead atoms. The van der Waals surface area contributed by atoms with Crippen molar-refractivity contribution >= 4 is 5.91 Å². The summed E-state index contributed by atoms with van der Waals surface area (Å²) in [4.78, 5) is 13.3. The average Bonchev–Trinajstić information content (AvgIpc) is 2.28. The Balaban J connectivity index is 2.87. The van der Waals surface area contributed by atoms with E-state index in [1.54, 1.807) is 26.0 Å². The quantitative estimate of drug-likeness (QED) is 0.857. The number of ether oxygens (including phenoxy) is 1. The Labute approximate surface area is 102 Å². The summed E-state index contributed by atoms with van der Waals surface area (Å²) in [5.74, 6) is 0.716. The molecular weight excluding hydrogens is 216 g/mol. The van der Waals surface area contributed by atoms with Gasteiger partial charge in [-0.1, -0.05) is 17.7 Å². The lowest BCUT2D eigenvalue weighted by molar-refractivity contribution is -0.131. The molecule has 0 spiro atoms. The monoisotopic (exact) mass is 236 g/mol. The number of aryl methyl sites for hydroxylation is 1. The SMILES string of the molecule is COc1ccc(C)cc1CN(C)C(=O)[C@@H](C)N. The third kappa shape index (κ3) is 3.46. The summed E-state index contributed by atoms with van der Waals surface area (Å²) >= 11 is 0. The molecule has 0 fully saturated rings. The van der Waals surface area contributed by atoms with E-state index in [0.717, 1.165) is 16.9 Å². The van der Waals surface area contributed by atoms with E-state index >= 15 is 0 Å². The van der Waals surface area contributed by atoms with Crippen molar-refractivity contribution in [3.8, 4) is 5.75 Å². The van der Waals surface area contributed by atoms with Crippen molar-refractivity contribution in [3.63, 3.8) is 0 Å². The molecule has 1 aromatic carbocycles. The minimum absolute atomic E-state index is 0.0754. The first-order chi connectivity index (χ1) is 7.95. The second-order valence-corrected chi connectivity index (χ2v) is 4.30. The van der Waals surface area contributed by atoms with Crippen LogP contribution in [0.2, 0.25) is 0 Å². The first kappa shape index (κ1) is 13.5. The molecule has 0 saturated heterocycles. The fourth-order valence-electron chi connectivity index (χ4n) is 1.71. The second kappa shape index (κ2) is 5.68. The van der Waals surface area contributed by atoms with Crippen LogP contribution in [0.1, 0.15) is 18.1 Å². The summed E-state index contributed by atoms with van der Waals surface area (Å²) < 4.78 is 5.27. The Bertz CT molecular complexity index is 402. The highest BCUT2D eigenvalue weighted by Crippen LogP contribution is 2.21. The number of hydrogen-bond donors (Lipinski definition) is 1. The Kier molecular flexibility index (Phi) is 4.52. The van der Waals surface area contributed by atoms with Gasteiger partial charge < -0.3 is 15.4 Å². The van der Waals surface area contributed by atoms with Crippen molar-refractivity contribution in [2.24, 2.45) is 5.73 Å². The van der Waals surface area contributed by atoms with Crippen molar-refractivity contribution in [2.45, 2.75) is 26.4 Å². The van der Waals surface area contributed by atoms with Crippen LogP contribution in [0.4, 0.5) is 0 Å². The molecular formula is C13H20N2O2. The van der Waals surface area contributed by atoms with E-state index in [-0.39, 0.29) is 5.91 Å². The summed E-state index contributed by atoms with van der Waals surface area (Å²) in [6, 6.07) is 5.43. The van der Waals surface area contributed by atoms with Gasteiger partial charge in [0.2, 0.25) is 5.91 Å². The van der Waals surface area contributed by atoms with Crippen LogP contribution in [-0.4, -0.2) is 31.0 Å². The van der Waals surface area contributed by atoms with Crippen LogP contribution >= 0.6 is 0 Å². The third-order valence-electron chi connectivity index (χ3n) is 2.61. The fourth-order valence-corrected chi connectivity index (χ4v) is 1.71. The highest BCUT2D eigenvalue weighted by atomic mass is 16.5. The molecule has 1 amide bonds. The number of hydrogen-bond acceptors (Lipinski definition) is 3. The standard InChI is InChI=1S/C13H20N2O2/c1-9-5-6-12(17-4)11(7-9)8-15(3)13(16)10(2)14/h5-7,10H,8,14H2,1-4H3/t10-/m1/s1. The van der Waals surface area contributed by atoms with Gasteiger partial charge in [-0.25, -0.2) is 0 Å². The fraction of sp³-hybridized carbons (Fsp3) is 0.462. The van der Waals surface area contributed by atoms with Gasteiger partial charge in [0, 0.05) is 19.2 Å². The highest BCUT2D eigenvalue weighted by Gasteiger charge is 2.15. The van der Waals surface area contributed by atoms with Gasteiger partial charge in [-0.3, -0.25) is 4.79 Å². The smallest absolute Gasteiger partial charge is 0.239 e. The predicted molar refractivity (Wildman–Crippen MR) is 67.9 cm³/mol. The van der Waals surface area contributed by atoms with Gasteiger partial charge in [0.15, 0.2) is 0 Å². The highest BCUT2D eigenvalue weighted by molar-refractivity contribution is 5.80. The molecule has 94 valence electrons.